The van der Waals surface area contributed by atoms with Crippen molar-refractivity contribution >= 4 is 17.4 Å². The van der Waals surface area contributed by atoms with E-state index in [0.717, 1.165) is 5.69 Å². The van der Waals surface area contributed by atoms with Gasteiger partial charge in [-0.25, -0.2) is 0 Å². The van der Waals surface area contributed by atoms with Crippen LogP contribution >= 0.6 is 11.6 Å². The molecule has 17 heavy (non-hydrogen) atoms. The van der Waals surface area contributed by atoms with Gasteiger partial charge < -0.3 is 10.5 Å². The number of rotatable bonds is 6. The van der Waals surface area contributed by atoms with Gasteiger partial charge in [0.05, 0.1) is 28.9 Å². The average molecular weight is 260 g/mol. The molecule has 6 heteroatoms. The van der Waals surface area contributed by atoms with Crippen molar-refractivity contribution in [1.29, 1.82) is 0 Å². The van der Waals surface area contributed by atoms with Crippen LogP contribution in [0.15, 0.2) is 0 Å². The molecule has 1 unspecified atom stereocenters. The Hall–Kier alpha value is -0.910. The second-order valence-corrected chi connectivity index (χ2v) is 4.38. The summed E-state index contributed by atoms with van der Waals surface area (Å²) >= 11 is 6.07. The Morgan fingerprint density at radius 2 is 2.29 bits per heavy atom. The van der Waals surface area contributed by atoms with E-state index in [0.29, 0.717) is 23.7 Å². The fraction of sp³-hybridized carbons (Fsp3) is 0.636. The van der Waals surface area contributed by atoms with Gasteiger partial charge in [0.1, 0.15) is 0 Å². The predicted molar refractivity (Wildman–Crippen MR) is 66.1 cm³/mol. The minimum atomic E-state index is -0.513. The minimum Gasteiger partial charge on any atom is -0.385 e. The van der Waals surface area contributed by atoms with Crippen LogP contribution in [0.1, 0.15) is 17.8 Å². The number of ketones is 1. The summed E-state index contributed by atoms with van der Waals surface area (Å²) in [5.41, 5.74) is 7.19. The molecule has 1 aromatic rings. The third-order valence-corrected chi connectivity index (χ3v) is 3.14. The molecule has 0 saturated heterocycles. The number of hydrogen-bond acceptors (Lipinski definition) is 4. The zero-order valence-electron chi connectivity index (χ0n) is 10.4. The maximum atomic E-state index is 11.9. The summed E-state index contributed by atoms with van der Waals surface area (Å²) in [6, 6.07) is -0.513. The fourth-order valence-electron chi connectivity index (χ4n) is 1.57. The first kappa shape index (κ1) is 14.2. The number of carbonyl (C=O) groups is 1. The maximum absolute atomic E-state index is 11.9. The lowest BCUT2D eigenvalue weighted by atomic mass is 10.1. The van der Waals surface area contributed by atoms with Crippen LogP contribution in [0.4, 0.5) is 0 Å². The third-order valence-electron chi connectivity index (χ3n) is 2.65. The lowest BCUT2D eigenvalue weighted by Crippen LogP contribution is -2.33. The molecule has 0 spiro atoms. The van der Waals surface area contributed by atoms with Crippen molar-refractivity contribution in [2.24, 2.45) is 12.8 Å². The van der Waals surface area contributed by atoms with Gasteiger partial charge in [-0.05, 0) is 13.3 Å². The van der Waals surface area contributed by atoms with Crippen molar-refractivity contribution in [2.75, 3.05) is 13.7 Å². The van der Waals surface area contributed by atoms with Crippen LogP contribution in [0.3, 0.4) is 0 Å². The monoisotopic (exact) mass is 259 g/mol. The van der Waals surface area contributed by atoms with E-state index in [4.69, 9.17) is 22.1 Å². The van der Waals surface area contributed by atoms with Crippen LogP contribution in [0.2, 0.25) is 5.02 Å². The molecule has 0 fully saturated rings. The number of ether oxygens (including phenoxy) is 1. The van der Waals surface area contributed by atoms with Crippen molar-refractivity contribution in [1.82, 2.24) is 9.78 Å². The molecule has 2 N–H and O–H groups in total. The first-order chi connectivity index (χ1) is 7.97. The van der Waals surface area contributed by atoms with E-state index in [-0.39, 0.29) is 12.2 Å². The first-order valence-electron chi connectivity index (χ1n) is 5.42. The maximum Gasteiger partial charge on any atom is 0.155 e. The van der Waals surface area contributed by atoms with Gasteiger partial charge in [0.25, 0.3) is 0 Å². The number of nitrogens with two attached hydrogens (primary N) is 1. The molecule has 0 radical (unpaired) electrons. The Balaban J connectivity index is 2.67. The number of methoxy groups -OCH3 is 1. The highest BCUT2D eigenvalue weighted by Gasteiger charge is 2.19. The summed E-state index contributed by atoms with van der Waals surface area (Å²) in [5, 5.41) is 4.69. The van der Waals surface area contributed by atoms with Crippen molar-refractivity contribution in [3.63, 3.8) is 0 Å². The highest BCUT2D eigenvalue weighted by atomic mass is 35.5. The van der Waals surface area contributed by atoms with Gasteiger partial charge in [-0.15, -0.1) is 0 Å². The number of hydrogen-bond donors (Lipinski definition) is 1. The molecule has 0 saturated carbocycles. The number of halogens is 1. The zero-order chi connectivity index (χ0) is 13.0. The van der Waals surface area contributed by atoms with E-state index < -0.39 is 6.04 Å². The summed E-state index contributed by atoms with van der Waals surface area (Å²) in [5.74, 6) is -0.0491. The van der Waals surface area contributed by atoms with Gasteiger partial charge in [0, 0.05) is 20.8 Å². The number of Topliss-reactive ketones (excluding diaryl/α,β-unsaturated/α-hetero) is 1. The van der Waals surface area contributed by atoms with Crippen molar-refractivity contribution in [2.45, 2.75) is 25.8 Å². The molecule has 1 rings (SSSR count). The van der Waals surface area contributed by atoms with Gasteiger partial charge >= 0.3 is 0 Å². The first-order valence-corrected chi connectivity index (χ1v) is 5.80. The van der Waals surface area contributed by atoms with Crippen LogP contribution < -0.4 is 5.73 Å². The largest absolute Gasteiger partial charge is 0.385 e. The van der Waals surface area contributed by atoms with Crippen LogP contribution in [0.25, 0.3) is 0 Å². The average Bonchev–Trinajstić information content (AvgIpc) is 2.52. The van der Waals surface area contributed by atoms with E-state index in [1.54, 1.807) is 25.8 Å². The molecule has 0 aliphatic carbocycles. The second kappa shape index (κ2) is 6.14. The van der Waals surface area contributed by atoms with E-state index in [2.05, 4.69) is 5.10 Å². The molecule has 96 valence electrons. The topological polar surface area (TPSA) is 70.1 Å². The van der Waals surface area contributed by atoms with E-state index >= 15 is 0 Å². The van der Waals surface area contributed by atoms with Gasteiger partial charge in [-0.2, -0.15) is 5.10 Å². The molecular weight excluding hydrogens is 242 g/mol. The van der Waals surface area contributed by atoms with E-state index in [9.17, 15) is 4.79 Å². The molecule has 0 amide bonds. The Labute approximate surface area is 106 Å². The zero-order valence-corrected chi connectivity index (χ0v) is 11.1. The molecule has 1 heterocycles. The summed E-state index contributed by atoms with van der Waals surface area (Å²) in [6.07, 6.45) is 0.727. The number of nitrogens with zero attached hydrogens (tertiary/aromatic N) is 2. The lowest BCUT2D eigenvalue weighted by Gasteiger charge is -2.10. The minimum absolute atomic E-state index is 0.0491. The molecule has 5 nitrogen and oxygen atoms in total. The van der Waals surface area contributed by atoms with Gasteiger partial charge in [0.15, 0.2) is 5.78 Å². The summed E-state index contributed by atoms with van der Waals surface area (Å²) < 4.78 is 6.51. The van der Waals surface area contributed by atoms with Crippen LogP contribution in [0.5, 0.6) is 0 Å². The molecule has 1 atom stereocenters. The molecular formula is C11H18ClN3O2. The molecule has 0 bridgehead atoms. The highest BCUT2D eigenvalue weighted by Crippen LogP contribution is 2.20. The molecule has 0 aliphatic heterocycles. The van der Waals surface area contributed by atoms with Gasteiger partial charge in [-0.1, -0.05) is 11.6 Å². The highest BCUT2D eigenvalue weighted by molar-refractivity contribution is 6.32. The third kappa shape index (κ3) is 3.52. The van der Waals surface area contributed by atoms with Crippen LogP contribution in [-0.2, 0) is 23.0 Å². The second-order valence-electron chi connectivity index (χ2n) is 4.00. The van der Waals surface area contributed by atoms with E-state index in [1.165, 1.54) is 0 Å². The molecule has 0 aromatic carbocycles. The fourth-order valence-corrected chi connectivity index (χ4v) is 1.80. The summed E-state index contributed by atoms with van der Waals surface area (Å²) in [4.78, 5) is 11.9. The van der Waals surface area contributed by atoms with Crippen LogP contribution in [0, 0.1) is 6.92 Å². The van der Waals surface area contributed by atoms with Gasteiger partial charge in [-0.3, -0.25) is 9.48 Å². The number of aromatic nitrogens is 2. The Kier molecular flexibility index (Phi) is 5.11. The number of carbonyl (C=O) groups excluding carboxylic acids is 1. The molecule has 1 aromatic heterocycles. The summed E-state index contributed by atoms with van der Waals surface area (Å²) in [7, 11) is 3.35. The Morgan fingerprint density at radius 1 is 1.65 bits per heavy atom. The smallest absolute Gasteiger partial charge is 0.155 e. The van der Waals surface area contributed by atoms with Crippen molar-refractivity contribution < 1.29 is 9.53 Å². The Morgan fingerprint density at radius 3 is 2.76 bits per heavy atom. The summed E-state index contributed by atoms with van der Waals surface area (Å²) in [6.45, 7) is 2.28. The van der Waals surface area contributed by atoms with Crippen molar-refractivity contribution in [3.05, 3.63) is 16.4 Å². The van der Waals surface area contributed by atoms with Crippen LogP contribution in [-0.4, -0.2) is 35.3 Å². The lowest BCUT2D eigenvalue weighted by molar-refractivity contribution is -0.120. The number of aryl methyl sites for hydroxylation is 2. The van der Waals surface area contributed by atoms with Crippen molar-refractivity contribution in [3.8, 4) is 0 Å². The quantitative estimate of drug-likeness (QED) is 0.823. The standard InChI is InChI=1S/C11H18ClN3O2/c1-7-11(12)9(15(2)14-7)6-10(16)8(13)4-5-17-3/h8H,4-6,13H2,1-3H3. The van der Waals surface area contributed by atoms with Gasteiger partial charge in [0.2, 0.25) is 0 Å². The predicted octanol–water partition coefficient (Wildman–Crippen LogP) is 0.857. The normalized spacial score (nSPS) is 12.8. The SMILES string of the molecule is COCCC(N)C(=O)Cc1c(Cl)c(C)nn1C. The van der Waals surface area contributed by atoms with E-state index in [1.807, 2.05) is 0 Å². The molecule has 0 aliphatic rings. The Bertz CT molecular complexity index is 404.